The van der Waals surface area contributed by atoms with Crippen molar-refractivity contribution < 1.29 is 9.59 Å². The Morgan fingerprint density at radius 1 is 1.42 bits per heavy atom. The molecular weight excluding hydrogens is 242 g/mol. The van der Waals surface area contributed by atoms with Gasteiger partial charge in [-0.2, -0.15) is 0 Å². The van der Waals surface area contributed by atoms with E-state index in [1.807, 2.05) is 12.1 Å². The minimum absolute atomic E-state index is 0.0259. The molecule has 2 amide bonds. The van der Waals surface area contributed by atoms with E-state index in [4.69, 9.17) is 5.73 Å². The van der Waals surface area contributed by atoms with Crippen LogP contribution < -0.4 is 11.1 Å². The molecule has 1 aromatic rings. The summed E-state index contributed by atoms with van der Waals surface area (Å²) in [5.74, 6) is -0.542. The van der Waals surface area contributed by atoms with Gasteiger partial charge >= 0.3 is 0 Å². The first kappa shape index (κ1) is 13.5. The van der Waals surface area contributed by atoms with E-state index in [0.29, 0.717) is 12.8 Å². The molecule has 5 nitrogen and oxygen atoms in total. The van der Waals surface area contributed by atoms with Gasteiger partial charge in [0, 0.05) is 24.9 Å². The highest BCUT2D eigenvalue weighted by Crippen LogP contribution is 2.25. The van der Waals surface area contributed by atoms with E-state index < -0.39 is 0 Å². The molecule has 0 aliphatic heterocycles. The molecule has 1 aliphatic carbocycles. The van der Waals surface area contributed by atoms with Gasteiger partial charge in [0.1, 0.15) is 0 Å². The summed E-state index contributed by atoms with van der Waals surface area (Å²) >= 11 is 0. The van der Waals surface area contributed by atoms with Crippen LogP contribution in [0.1, 0.15) is 31.2 Å². The summed E-state index contributed by atoms with van der Waals surface area (Å²) in [5.41, 5.74) is 6.37. The molecule has 1 aliphatic rings. The third kappa shape index (κ3) is 3.77. The lowest BCUT2D eigenvalue weighted by Crippen LogP contribution is -2.42. The molecule has 0 aromatic carbocycles. The predicted octanol–water partition coefficient (Wildman–Crippen LogP) is 0.784. The molecule has 0 radical (unpaired) electrons. The van der Waals surface area contributed by atoms with E-state index in [1.165, 1.54) is 0 Å². The van der Waals surface area contributed by atoms with E-state index in [0.717, 1.165) is 24.8 Å². The fourth-order valence-electron chi connectivity index (χ4n) is 2.56. The number of primary amides is 1. The average molecular weight is 261 g/mol. The molecule has 0 bridgehead atoms. The van der Waals surface area contributed by atoms with Crippen LogP contribution in [0.3, 0.4) is 0 Å². The predicted molar refractivity (Wildman–Crippen MR) is 71.0 cm³/mol. The van der Waals surface area contributed by atoms with Crippen LogP contribution in [0.25, 0.3) is 0 Å². The SMILES string of the molecule is NC(=O)C1CCCC1NC(=O)CCc1cccnc1. The average Bonchev–Trinajstić information content (AvgIpc) is 2.86. The Balaban J connectivity index is 1.80. The molecule has 5 heteroatoms. The molecule has 2 atom stereocenters. The first-order chi connectivity index (χ1) is 9.16. The van der Waals surface area contributed by atoms with Gasteiger partial charge in [-0.15, -0.1) is 0 Å². The second-order valence-corrected chi connectivity index (χ2v) is 4.98. The molecule has 1 heterocycles. The first-order valence-electron chi connectivity index (χ1n) is 6.64. The van der Waals surface area contributed by atoms with Crippen LogP contribution in [-0.4, -0.2) is 22.8 Å². The zero-order chi connectivity index (χ0) is 13.7. The highest BCUT2D eigenvalue weighted by atomic mass is 16.2. The summed E-state index contributed by atoms with van der Waals surface area (Å²) in [6.45, 7) is 0. The van der Waals surface area contributed by atoms with Crippen molar-refractivity contribution in [1.29, 1.82) is 0 Å². The van der Waals surface area contributed by atoms with E-state index in [-0.39, 0.29) is 23.8 Å². The van der Waals surface area contributed by atoms with Crippen LogP contribution in [0.15, 0.2) is 24.5 Å². The molecule has 1 fully saturated rings. The lowest BCUT2D eigenvalue weighted by molar-refractivity contribution is -0.124. The van der Waals surface area contributed by atoms with Crippen molar-refractivity contribution in [2.45, 2.75) is 38.1 Å². The number of nitrogens with one attached hydrogen (secondary N) is 1. The zero-order valence-electron chi connectivity index (χ0n) is 10.8. The molecule has 2 unspecified atom stereocenters. The van der Waals surface area contributed by atoms with Crippen LogP contribution in [0.5, 0.6) is 0 Å². The largest absolute Gasteiger partial charge is 0.369 e. The van der Waals surface area contributed by atoms with Crippen molar-refractivity contribution in [3.05, 3.63) is 30.1 Å². The van der Waals surface area contributed by atoms with Crippen LogP contribution >= 0.6 is 0 Å². The number of aromatic nitrogens is 1. The lowest BCUT2D eigenvalue weighted by Gasteiger charge is -2.18. The van der Waals surface area contributed by atoms with Gasteiger partial charge in [-0.1, -0.05) is 12.5 Å². The van der Waals surface area contributed by atoms with Crippen molar-refractivity contribution in [3.63, 3.8) is 0 Å². The van der Waals surface area contributed by atoms with E-state index in [1.54, 1.807) is 12.4 Å². The van der Waals surface area contributed by atoms with E-state index >= 15 is 0 Å². The van der Waals surface area contributed by atoms with Crippen molar-refractivity contribution >= 4 is 11.8 Å². The summed E-state index contributed by atoms with van der Waals surface area (Å²) in [5, 5.41) is 2.92. The second-order valence-electron chi connectivity index (χ2n) is 4.98. The number of carbonyl (C=O) groups is 2. The van der Waals surface area contributed by atoms with E-state index in [9.17, 15) is 9.59 Å². The Morgan fingerprint density at radius 2 is 2.26 bits per heavy atom. The number of hydrogen-bond donors (Lipinski definition) is 2. The first-order valence-corrected chi connectivity index (χ1v) is 6.64. The maximum atomic E-state index is 11.9. The van der Waals surface area contributed by atoms with Gasteiger partial charge in [0.05, 0.1) is 5.92 Å². The van der Waals surface area contributed by atoms with Gasteiger partial charge in [-0.3, -0.25) is 14.6 Å². The van der Waals surface area contributed by atoms with E-state index in [2.05, 4.69) is 10.3 Å². The quantitative estimate of drug-likeness (QED) is 0.821. The lowest BCUT2D eigenvalue weighted by atomic mass is 10.0. The molecule has 19 heavy (non-hydrogen) atoms. The van der Waals surface area contributed by atoms with Gasteiger partial charge in [0.2, 0.25) is 11.8 Å². The number of nitrogens with two attached hydrogens (primary N) is 1. The zero-order valence-corrected chi connectivity index (χ0v) is 10.8. The van der Waals surface area contributed by atoms with Crippen molar-refractivity contribution in [2.24, 2.45) is 11.7 Å². The van der Waals surface area contributed by atoms with Gasteiger partial charge in [0.15, 0.2) is 0 Å². The Labute approximate surface area is 112 Å². The molecule has 1 saturated carbocycles. The van der Waals surface area contributed by atoms with Crippen LogP contribution in [0.4, 0.5) is 0 Å². The normalized spacial score (nSPS) is 22.1. The maximum Gasteiger partial charge on any atom is 0.222 e. The number of pyridine rings is 1. The standard InChI is InChI=1S/C14H19N3O2/c15-14(19)11-4-1-5-12(11)17-13(18)7-6-10-3-2-8-16-9-10/h2-3,8-9,11-12H,1,4-7H2,(H2,15,19)(H,17,18). The molecule has 0 saturated heterocycles. The number of rotatable bonds is 5. The maximum absolute atomic E-state index is 11.9. The number of amides is 2. The molecule has 0 spiro atoms. The highest BCUT2D eigenvalue weighted by molar-refractivity contribution is 5.80. The van der Waals surface area contributed by atoms with Crippen molar-refractivity contribution in [2.75, 3.05) is 0 Å². The van der Waals surface area contributed by atoms with Gasteiger partial charge < -0.3 is 11.1 Å². The summed E-state index contributed by atoms with van der Waals surface area (Å²) in [4.78, 5) is 27.1. The Hall–Kier alpha value is -1.91. The minimum atomic E-state index is -0.310. The van der Waals surface area contributed by atoms with Gasteiger partial charge in [-0.05, 0) is 30.9 Å². The van der Waals surface area contributed by atoms with Gasteiger partial charge in [0.25, 0.3) is 0 Å². The smallest absolute Gasteiger partial charge is 0.222 e. The number of nitrogens with zero attached hydrogens (tertiary/aromatic N) is 1. The number of carbonyl (C=O) groups excluding carboxylic acids is 2. The summed E-state index contributed by atoms with van der Waals surface area (Å²) < 4.78 is 0. The minimum Gasteiger partial charge on any atom is -0.369 e. The Kier molecular flexibility index (Phi) is 4.49. The summed E-state index contributed by atoms with van der Waals surface area (Å²) in [7, 11) is 0. The van der Waals surface area contributed by atoms with Crippen LogP contribution in [0.2, 0.25) is 0 Å². The molecule has 102 valence electrons. The number of hydrogen-bond acceptors (Lipinski definition) is 3. The summed E-state index contributed by atoms with van der Waals surface area (Å²) in [6.07, 6.45) is 7.10. The Morgan fingerprint density at radius 3 is 2.95 bits per heavy atom. The third-order valence-electron chi connectivity index (χ3n) is 3.59. The van der Waals surface area contributed by atoms with Crippen LogP contribution in [-0.2, 0) is 16.0 Å². The second kappa shape index (κ2) is 6.31. The number of aryl methyl sites for hydroxylation is 1. The van der Waals surface area contributed by atoms with Crippen molar-refractivity contribution in [1.82, 2.24) is 10.3 Å². The van der Waals surface area contributed by atoms with Crippen molar-refractivity contribution in [3.8, 4) is 0 Å². The molecule has 2 rings (SSSR count). The van der Waals surface area contributed by atoms with Gasteiger partial charge in [-0.25, -0.2) is 0 Å². The molecular formula is C14H19N3O2. The highest BCUT2D eigenvalue weighted by Gasteiger charge is 2.32. The monoisotopic (exact) mass is 261 g/mol. The molecule has 1 aromatic heterocycles. The molecule has 3 N–H and O–H groups in total. The fraction of sp³-hybridized carbons (Fsp3) is 0.500. The Bertz CT molecular complexity index is 447. The topological polar surface area (TPSA) is 85.1 Å². The third-order valence-corrected chi connectivity index (χ3v) is 3.59. The van der Waals surface area contributed by atoms with Crippen LogP contribution in [0, 0.1) is 5.92 Å². The fourth-order valence-corrected chi connectivity index (χ4v) is 2.56. The summed E-state index contributed by atoms with van der Waals surface area (Å²) in [6, 6.07) is 3.72.